The lowest BCUT2D eigenvalue weighted by Crippen LogP contribution is -2.23. The van der Waals surface area contributed by atoms with E-state index in [1.807, 2.05) is 0 Å². The zero-order chi connectivity index (χ0) is 13.8. The van der Waals surface area contributed by atoms with Gasteiger partial charge in [-0.2, -0.15) is 0 Å². The maximum absolute atomic E-state index is 3.65. The normalized spacial score (nSPS) is 12.6. The number of halogens is 2. The molecule has 0 saturated carbocycles. The lowest BCUT2D eigenvalue weighted by molar-refractivity contribution is 0.603. The minimum Gasteiger partial charge on any atom is -0.306 e. The van der Waals surface area contributed by atoms with Gasteiger partial charge in [0, 0.05) is 9.35 Å². The highest BCUT2D eigenvalue weighted by Crippen LogP contribution is 2.33. The number of rotatable bonds is 5. The standard InChI is InChI=1S/C15H17Br2NS/c1-3-8-18-15(13-6-7-14(17)19-13)12-9-11(16)5-4-10(12)2/h4-7,9,15,18H,3,8H2,1-2H3. The number of aryl methyl sites for hydroxylation is 1. The first-order valence-electron chi connectivity index (χ1n) is 6.36. The summed E-state index contributed by atoms with van der Waals surface area (Å²) in [4.78, 5) is 1.35. The summed E-state index contributed by atoms with van der Waals surface area (Å²) in [6.45, 7) is 5.39. The average molecular weight is 403 g/mol. The monoisotopic (exact) mass is 401 g/mol. The molecule has 4 heteroatoms. The van der Waals surface area contributed by atoms with Gasteiger partial charge in [0.1, 0.15) is 0 Å². The van der Waals surface area contributed by atoms with Crippen LogP contribution in [0, 0.1) is 6.92 Å². The molecule has 0 aliphatic rings. The van der Waals surface area contributed by atoms with Gasteiger partial charge in [0.2, 0.25) is 0 Å². The smallest absolute Gasteiger partial charge is 0.0702 e. The first-order valence-corrected chi connectivity index (χ1v) is 8.76. The van der Waals surface area contributed by atoms with Crippen molar-refractivity contribution in [1.29, 1.82) is 0 Å². The van der Waals surface area contributed by atoms with Crippen LogP contribution in [0.3, 0.4) is 0 Å². The summed E-state index contributed by atoms with van der Waals surface area (Å²) < 4.78 is 2.31. The van der Waals surface area contributed by atoms with Crippen molar-refractivity contribution < 1.29 is 0 Å². The molecule has 1 N–H and O–H groups in total. The van der Waals surface area contributed by atoms with Crippen LogP contribution in [0.1, 0.15) is 35.4 Å². The molecule has 0 aliphatic heterocycles. The third-order valence-electron chi connectivity index (χ3n) is 3.03. The molecule has 2 rings (SSSR count). The molecule has 0 aliphatic carbocycles. The molecule has 1 heterocycles. The van der Waals surface area contributed by atoms with Crippen molar-refractivity contribution in [2.45, 2.75) is 26.3 Å². The molecule has 1 unspecified atom stereocenters. The van der Waals surface area contributed by atoms with Crippen molar-refractivity contribution >= 4 is 43.2 Å². The molecule has 0 radical (unpaired) electrons. The van der Waals surface area contributed by atoms with Gasteiger partial charge in [-0.3, -0.25) is 0 Å². The van der Waals surface area contributed by atoms with Crippen LogP contribution in [0.2, 0.25) is 0 Å². The molecule has 1 aromatic heterocycles. The summed E-state index contributed by atoms with van der Waals surface area (Å²) >= 11 is 8.93. The Kier molecular flexibility index (Phi) is 5.63. The summed E-state index contributed by atoms with van der Waals surface area (Å²) in [6, 6.07) is 11.1. The van der Waals surface area contributed by atoms with Crippen LogP contribution in [0.15, 0.2) is 38.6 Å². The Labute approximate surface area is 135 Å². The van der Waals surface area contributed by atoms with E-state index in [0.717, 1.165) is 17.4 Å². The molecule has 102 valence electrons. The van der Waals surface area contributed by atoms with Gasteiger partial charge in [0.25, 0.3) is 0 Å². The van der Waals surface area contributed by atoms with Gasteiger partial charge < -0.3 is 5.32 Å². The van der Waals surface area contributed by atoms with Crippen LogP contribution in [-0.2, 0) is 0 Å². The molecule has 1 nitrogen and oxygen atoms in total. The zero-order valence-electron chi connectivity index (χ0n) is 11.0. The van der Waals surface area contributed by atoms with Crippen LogP contribution >= 0.6 is 43.2 Å². The van der Waals surface area contributed by atoms with E-state index < -0.39 is 0 Å². The Balaban J connectivity index is 2.39. The summed E-state index contributed by atoms with van der Waals surface area (Å²) in [7, 11) is 0. The highest BCUT2D eigenvalue weighted by atomic mass is 79.9. The quantitative estimate of drug-likeness (QED) is 0.679. The van der Waals surface area contributed by atoms with E-state index in [0.29, 0.717) is 0 Å². The molecule has 0 spiro atoms. The number of nitrogens with one attached hydrogen (secondary N) is 1. The lowest BCUT2D eigenvalue weighted by atomic mass is 10.00. The van der Waals surface area contributed by atoms with Gasteiger partial charge >= 0.3 is 0 Å². The van der Waals surface area contributed by atoms with Crippen molar-refractivity contribution in [3.05, 3.63) is 54.6 Å². The van der Waals surface area contributed by atoms with E-state index in [9.17, 15) is 0 Å². The fourth-order valence-corrected chi connectivity index (χ4v) is 3.96. The molecule has 19 heavy (non-hydrogen) atoms. The van der Waals surface area contributed by atoms with Gasteiger partial charge in [-0.1, -0.05) is 28.9 Å². The maximum Gasteiger partial charge on any atom is 0.0702 e. The fraction of sp³-hybridized carbons (Fsp3) is 0.333. The van der Waals surface area contributed by atoms with Crippen molar-refractivity contribution in [2.75, 3.05) is 6.54 Å². The first-order chi connectivity index (χ1) is 9.11. The van der Waals surface area contributed by atoms with Crippen molar-refractivity contribution in [3.8, 4) is 0 Å². The topological polar surface area (TPSA) is 12.0 Å². The summed E-state index contributed by atoms with van der Waals surface area (Å²) in [5.41, 5.74) is 2.67. The average Bonchev–Trinajstić information content (AvgIpc) is 2.80. The third-order valence-corrected chi connectivity index (χ3v) is 5.21. The second-order valence-corrected chi connectivity index (χ2v) is 7.94. The molecular weight excluding hydrogens is 386 g/mol. The molecular formula is C15H17Br2NS. The number of hydrogen-bond acceptors (Lipinski definition) is 2. The third kappa shape index (κ3) is 3.91. The largest absolute Gasteiger partial charge is 0.306 e. The molecule has 0 bridgehead atoms. The van der Waals surface area contributed by atoms with Gasteiger partial charge in [0.05, 0.1) is 9.83 Å². The van der Waals surface area contributed by atoms with Gasteiger partial charge in [-0.25, -0.2) is 0 Å². The molecule has 1 atom stereocenters. The molecule has 0 saturated heterocycles. The predicted octanol–water partition coefficient (Wildman–Crippen LogP) is 5.67. The fourth-order valence-electron chi connectivity index (χ4n) is 2.06. The lowest BCUT2D eigenvalue weighted by Gasteiger charge is -2.20. The SMILES string of the molecule is CCCNC(c1ccc(Br)s1)c1cc(Br)ccc1C. The summed E-state index contributed by atoms with van der Waals surface area (Å²) in [5.74, 6) is 0. The Morgan fingerprint density at radius 3 is 2.63 bits per heavy atom. The molecule has 2 aromatic rings. The van der Waals surface area contributed by atoms with Crippen LogP contribution < -0.4 is 5.32 Å². The van der Waals surface area contributed by atoms with Crippen molar-refractivity contribution in [1.82, 2.24) is 5.32 Å². The van der Waals surface area contributed by atoms with Crippen LogP contribution in [0.25, 0.3) is 0 Å². The highest BCUT2D eigenvalue weighted by Gasteiger charge is 2.17. The van der Waals surface area contributed by atoms with E-state index in [4.69, 9.17) is 0 Å². The number of benzene rings is 1. The molecule has 1 aromatic carbocycles. The Bertz CT molecular complexity index is 551. The van der Waals surface area contributed by atoms with Gasteiger partial charge in [0.15, 0.2) is 0 Å². The van der Waals surface area contributed by atoms with E-state index >= 15 is 0 Å². The Morgan fingerprint density at radius 2 is 2.00 bits per heavy atom. The van der Waals surface area contributed by atoms with E-state index in [1.54, 1.807) is 11.3 Å². The van der Waals surface area contributed by atoms with Crippen molar-refractivity contribution in [3.63, 3.8) is 0 Å². The predicted molar refractivity (Wildman–Crippen MR) is 91.0 cm³/mol. The maximum atomic E-state index is 3.65. The summed E-state index contributed by atoms with van der Waals surface area (Å²) in [6.07, 6.45) is 1.14. The minimum atomic E-state index is 0.272. The van der Waals surface area contributed by atoms with Crippen LogP contribution in [-0.4, -0.2) is 6.54 Å². The summed E-state index contributed by atoms with van der Waals surface area (Å²) in [5, 5.41) is 3.65. The number of thiophene rings is 1. The van der Waals surface area contributed by atoms with Gasteiger partial charge in [-0.05, 0) is 71.2 Å². The zero-order valence-corrected chi connectivity index (χ0v) is 15.0. The van der Waals surface area contributed by atoms with E-state index in [-0.39, 0.29) is 6.04 Å². The Morgan fingerprint density at radius 1 is 1.21 bits per heavy atom. The Hall–Kier alpha value is -0.160. The van der Waals surface area contributed by atoms with E-state index in [2.05, 4.69) is 81.4 Å². The first kappa shape index (κ1) is 15.2. The second kappa shape index (κ2) is 7.02. The number of hydrogen-bond donors (Lipinski definition) is 1. The second-order valence-electron chi connectivity index (χ2n) is 4.53. The van der Waals surface area contributed by atoms with Crippen molar-refractivity contribution in [2.24, 2.45) is 0 Å². The molecule has 0 amide bonds. The van der Waals surface area contributed by atoms with E-state index in [1.165, 1.54) is 19.8 Å². The highest BCUT2D eigenvalue weighted by molar-refractivity contribution is 9.11. The van der Waals surface area contributed by atoms with Gasteiger partial charge in [-0.15, -0.1) is 11.3 Å². The minimum absolute atomic E-state index is 0.272. The van der Waals surface area contributed by atoms with Crippen LogP contribution in [0.4, 0.5) is 0 Å². The van der Waals surface area contributed by atoms with Crippen LogP contribution in [0.5, 0.6) is 0 Å². The molecule has 0 fully saturated rings.